The molecule has 2 fully saturated rings. The number of fused-ring (bicyclic) bond motifs is 3. The van der Waals surface area contributed by atoms with E-state index < -0.39 is 94.4 Å². The molecule has 14 nitrogen and oxygen atoms in total. The zero-order valence-electron chi connectivity index (χ0n) is 24.5. The van der Waals surface area contributed by atoms with Gasteiger partial charge in [0.2, 0.25) is 12.7 Å². The number of phenolic OH excluding ortho intramolecular Hbond substituents is 1. The summed E-state index contributed by atoms with van der Waals surface area (Å²) >= 11 is 0. The molecule has 3 aliphatic rings. The van der Waals surface area contributed by atoms with E-state index in [1.165, 1.54) is 31.1 Å². The molecule has 2 amide bonds. The van der Waals surface area contributed by atoms with Gasteiger partial charge in [0.15, 0.2) is 34.7 Å². The third kappa shape index (κ3) is 5.29. The predicted octanol–water partition coefficient (Wildman–Crippen LogP) is -0.360. The monoisotopic (exact) mass is 601 g/mol. The number of hydrogen-bond donors (Lipinski definition) is 4. The Labute approximate surface area is 246 Å². The Morgan fingerprint density at radius 3 is 2.33 bits per heavy atom. The van der Waals surface area contributed by atoms with Crippen LogP contribution in [0.2, 0.25) is 0 Å². The average Bonchev–Trinajstić information content (AvgIpc) is 2.89. The number of aliphatic hydroxyl groups is 1. The molecule has 43 heavy (non-hydrogen) atoms. The molecule has 6 atom stereocenters. The predicted molar refractivity (Wildman–Crippen MR) is 145 cm³/mol. The molecule has 2 unspecified atom stereocenters. The molecule has 1 aromatic rings. The number of hydrogen-bond acceptors (Lipinski definition) is 12. The van der Waals surface area contributed by atoms with E-state index in [9.17, 15) is 43.8 Å². The minimum atomic E-state index is -2.81. The number of carbonyl (C=O) groups excluding carboxylic acids is 7. The summed E-state index contributed by atoms with van der Waals surface area (Å²) in [5.74, 6) is -12.1. The fraction of sp³-hybridized carbons (Fsp3) is 0.552. The van der Waals surface area contributed by atoms with E-state index >= 15 is 0 Å². The van der Waals surface area contributed by atoms with E-state index in [0.717, 1.165) is 0 Å². The highest BCUT2D eigenvalue weighted by atomic mass is 16.7. The van der Waals surface area contributed by atoms with Crippen molar-refractivity contribution in [2.45, 2.75) is 51.8 Å². The lowest BCUT2D eigenvalue weighted by atomic mass is 9.52. The summed E-state index contributed by atoms with van der Waals surface area (Å²) < 4.78 is 9.79. The molecule has 4 rings (SSSR count). The highest BCUT2D eigenvalue weighted by molar-refractivity contribution is 6.32. The maximum Gasteiger partial charge on any atom is 0.410 e. The number of Topliss-reactive ketones (excluding diaryl/α,β-unsaturated/α-hetero) is 4. The first-order chi connectivity index (χ1) is 19.9. The lowest BCUT2D eigenvalue weighted by Crippen LogP contribution is -2.74. The maximum absolute atomic E-state index is 13.8. The van der Waals surface area contributed by atoms with Crippen LogP contribution in [0.5, 0.6) is 5.75 Å². The molecule has 0 bridgehead atoms. The number of ketones is 4. The van der Waals surface area contributed by atoms with Gasteiger partial charge in [-0.25, -0.2) is 4.79 Å². The van der Waals surface area contributed by atoms with Crippen molar-refractivity contribution in [2.24, 2.45) is 34.8 Å². The number of alkyl carbamates (subject to hydrolysis) is 1. The number of rotatable bonds is 6. The van der Waals surface area contributed by atoms with Crippen molar-refractivity contribution in [1.29, 1.82) is 0 Å². The van der Waals surface area contributed by atoms with E-state index in [0.29, 0.717) is 11.1 Å². The van der Waals surface area contributed by atoms with Gasteiger partial charge in [-0.3, -0.25) is 33.7 Å². The molecule has 0 radical (unpaired) electrons. The zero-order chi connectivity index (χ0) is 32.2. The molecule has 0 saturated heterocycles. The Hall–Kier alpha value is -4.17. The van der Waals surface area contributed by atoms with Crippen LogP contribution in [0.25, 0.3) is 0 Å². The number of benzene rings is 1. The SMILES string of the molecule is CN(C)[C@@H]1C(=O)C(C(N)=O)C(=O)[C@@]2(O)C(=O)C3C(=O)c4c(O)ccc(CNC(=O)OCOC(=O)C(C)(C)C)c4C[C@H]3C[C@@H]12. The molecular formula is C29H35N3O11. The summed E-state index contributed by atoms with van der Waals surface area (Å²) in [6, 6.07) is 1.48. The summed E-state index contributed by atoms with van der Waals surface area (Å²) in [4.78, 5) is 91.7. The van der Waals surface area contributed by atoms with Crippen LogP contribution in [-0.2, 0) is 46.4 Å². The van der Waals surface area contributed by atoms with Gasteiger partial charge in [0, 0.05) is 12.5 Å². The number of nitrogens with zero attached hydrogens (tertiary/aromatic N) is 1. The molecule has 5 N–H and O–H groups in total. The largest absolute Gasteiger partial charge is 0.507 e. The van der Waals surface area contributed by atoms with Crippen LogP contribution in [0.4, 0.5) is 4.79 Å². The molecule has 232 valence electrons. The number of primary amides is 1. The van der Waals surface area contributed by atoms with Crippen molar-refractivity contribution < 1.29 is 53.2 Å². The van der Waals surface area contributed by atoms with Gasteiger partial charge in [0.25, 0.3) is 0 Å². The summed E-state index contributed by atoms with van der Waals surface area (Å²) in [6.07, 6.45) is -0.984. The molecule has 0 heterocycles. The number of likely N-dealkylation sites (N-methyl/N-ethyl adjacent to an activating group) is 1. The third-order valence-corrected chi connectivity index (χ3v) is 8.46. The smallest absolute Gasteiger partial charge is 0.410 e. The highest BCUT2D eigenvalue weighted by Crippen LogP contribution is 2.51. The van der Waals surface area contributed by atoms with E-state index in [1.54, 1.807) is 20.8 Å². The molecule has 0 aliphatic heterocycles. The molecule has 1 aromatic carbocycles. The standard InChI is InChI=1S/C29H35N3O11/c1-28(2,3)26(39)42-11-43-27(40)31-10-12-6-7-16(33)18-14(12)8-13-9-15-20(32(4)5)22(35)19(25(30)38)24(37)29(15,41)23(36)17(13)21(18)34/h6-7,13,15,17,19-20,33,41H,8-11H2,1-5H3,(H2,30,38)(H,31,40)/t13-,15-,17?,19?,20-,29-/m0/s1. The van der Waals surface area contributed by atoms with Crippen molar-refractivity contribution >= 4 is 41.1 Å². The van der Waals surface area contributed by atoms with Gasteiger partial charge >= 0.3 is 12.1 Å². The first-order valence-corrected chi connectivity index (χ1v) is 13.7. The van der Waals surface area contributed by atoms with Crippen LogP contribution in [0.3, 0.4) is 0 Å². The van der Waals surface area contributed by atoms with Gasteiger partial charge in [-0.15, -0.1) is 0 Å². The Bertz CT molecular complexity index is 1430. The Kier molecular flexibility index (Phi) is 8.24. The second-order valence-electron chi connectivity index (χ2n) is 12.5. The van der Waals surface area contributed by atoms with E-state index in [2.05, 4.69) is 5.32 Å². The lowest BCUT2D eigenvalue weighted by molar-refractivity contribution is -0.181. The fourth-order valence-electron chi connectivity index (χ4n) is 6.41. The van der Waals surface area contributed by atoms with E-state index in [-0.39, 0.29) is 24.9 Å². The van der Waals surface area contributed by atoms with Crippen LogP contribution in [0, 0.1) is 29.1 Å². The first kappa shape index (κ1) is 31.8. The van der Waals surface area contributed by atoms with Crippen LogP contribution in [-0.4, -0.2) is 88.7 Å². The van der Waals surface area contributed by atoms with Crippen LogP contribution < -0.4 is 11.1 Å². The van der Waals surface area contributed by atoms with E-state index in [4.69, 9.17) is 15.2 Å². The molecule has 2 saturated carbocycles. The lowest BCUT2D eigenvalue weighted by Gasteiger charge is -2.52. The molecule has 3 aliphatic carbocycles. The number of ether oxygens (including phenoxy) is 2. The second kappa shape index (κ2) is 11.2. The van der Waals surface area contributed by atoms with Gasteiger partial charge in [0.1, 0.15) is 5.75 Å². The van der Waals surface area contributed by atoms with Crippen molar-refractivity contribution in [3.05, 3.63) is 28.8 Å². The topological polar surface area (TPSA) is 220 Å². The Morgan fingerprint density at radius 2 is 1.74 bits per heavy atom. The number of aromatic hydroxyl groups is 1. The van der Waals surface area contributed by atoms with Crippen molar-refractivity contribution in [2.75, 3.05) is 20.9 Å². The maximum atomic E-state index is 13.8. The Balaban J connectivity index is 1.61. The zero-order valence-corrected chi connectivity index (χ0v) is 24.5. The first-order valence-electron chi connectivity index (χ1n) is 13.7. The number of esters is 1. The third-order valence-electron chi connectivity index (χ3n) is 8.46. The fourth-order valence-corrected chi connectivity index (χ4v) is 6.41. The van der Waals surface area contributed by atoms with Crippen molar-refractivity contribution in [3.63, 3.8) is 0 Å². The summed E-state index contributed by atoms with van der Waals surface area (Å²) in [6.45, 7) is 4.14. The van der Waals surface area contributed by atoms with E-state index in [1.807, 2.05) is 0 Å². The van der Waals surface area contributed by atoms with Gasteiger partial charge in [-0.05, 0) is 70.8 Å². The number of phenols is 1. The number of nitrogens with one attached hydrogen (secondary N) is 1. The summed E-state index contributed by atoms with van der Waals surface area (Å²) in [7, 11) is 3.00. The molecule has 14 heteroatoms. The summed E-state index contributed by atoms with van der Waals surface area (Å²) in [5.41, 5.74) is 2.28. The average molecular weight is 602 g/mol. The van der Waals surface area contributed by atoms with Crippen molar-refractivity contribution in [1.82, 2.24) is 10.2 Å². The quantitative estimate of drug-likeness (QED) is 0.187. The minimum Gasteiger partial charge on any atom is -0.507 e. The van der Waals surface area contributed by atoms with Crippen LogP contribution in [0.1, 0.15) is 48.7 Å². The number of nitrogens with two attached hydrogens (primary N) is 1. The normalized spacial score (nSPS) is 28.5. The van der Waals surface area contributed by atoms with Gasteiger partial charge in [-0.2, -0.15) is 0 Å². The van der Waals surface area contributed by atoms with Gasteiger partial charge in [0.05, 0.1) is 22.9 Å². The van der Waals surface area contributed by atoms with Crippen molar-refractivity contribution in [3.8, 4) is 5.75 Å². The second-order valence-corrected chi connectivity index (χ2v) is 12.5. The Morgan fingerprint density at radius 1 is 1.09 bits per heavy atom. The number of carbonyl (C=O) groups is 7. The number of amides is 2. The van der Waals surface area contributed by atoms with Crippen LogP contribution in [0.15, 0.2) is 12.1 Å². The minimum absolute atomic E-state index is 0.0372. The molecular weight excluding hydrogens is 566 g/mol. The summed E-state index contributed by atoms with van der Waals surface area (Å²) in [5, 5.41) is 24.7. The molecule has 0 aromatic heterocycles. The van der Waals surface area contributed by atoms with Gasteiger partial charge in [-0.1, -0.05) is 6.07 Å². The highest BCUT2D eigenvalue weighted by Gasteiger charge is 2.69. The van der Waals surface area contributed by atoms with Crippen LogP contribution >= 0.6 is 0 Å². The molecule has 0 spiro atoms. The van der Waals surface area contributed by atoms with Gasteiger partial charge < -0.3 is 30.7 Å².